The second-order valence-corrected chi connectivity index (χ2v) is 6.85. The third-order valence-corrected chi connectivity index (χ3v) is 4.92. The molecule has 2 aromatic heterocycles. The lowest BCUT2D eigenvalue weighted by molar-refractivity contribution is 0.222. The van der Waals surface area contributed by atoms with Crippen molar-refractivity contribution < 1.29 is 9.18 Å². The van der Waals surface area contributed by atoms with Gasteiger partial charge in [-0.3, -0.25) is 0 Å². The summed E-state index contributed by atoms with van der Waals surface area (Å²) in [5.74, 6) is 0.0437. The van der Waals surface area contributed by atoms with Gasteiger partial charge in [-0.25, -0.2) is 19.2 Å². The maximum absolute atomic E-state index is 14.5. The lowest BCUT2D eigenvalue weighted by Gasteiger charge is -2.18. The lowest BCUT2D eigenvalue weighted by Crippen LogP contribution is -2.32. The fourth-order valence-electron chi connectivity index (χ4n) is 3.38. The number of rotatable bonds is 3. The van der Waals surface area contributed by atoms with Crippen LogP contribution in [-0.2, 0) is 0 Å². The number of aromatic nitrogens is 3. The van der Waals surface area contributed by atoms with E-state index < -0.39 is 5.82 Å². The predicted molar refractivity (Wildman–Crippen MR) is 107 cm³/mol. The molecular formula is C20H21FN6O. The Kier molecular flexibility index (Phi) is 4.77. The Morgan fingerprint density at radius 3 is 2.68 bits per heavy atom. The molecule has 0 unspecified atom stereocenters. The highest BCUT2D eigenvalue weighted by Crippen LogP contribution is 2.30. The van der Waals surface area contributed by atoms with E-state index in [4.69, 9.17) is 0 Å². The Morgan fingerprint density at radius 1 is 1.14 bits per heavy atom. The van der Waals surface area contributed by atoms with Gasteiger partial charge in [0.05, 0.1) is 5.69 Å². The van der Waals surface area contributed by atoms with Crippen LogP contribution < -0.4 is 10.6 Å². The van der Waals surface area contributed by atoms with E-state index in [-0.39, 0.29) is 11.7 Å². The summed E-state index contributed by atoms with van der Waals surface area (Å²) >= 11 is 0. The van der Waals surface area contributed by atoms with Crippen LogP contribution in [0.15, 0.2) is 30.6 Å². The van der Waals surface area contributed by atoms with Crippen molar-refractivity contribution in [2.24, 2.45) is 0 Å². The topological polar surface area (TPSA) is 83.0 Å². The molecule has 0 radical (unpaired) electrons. The first-order chi connectivity index (χ1) is 13.5. The van der Waals surface area contributed by atoms with E-state index in [2.05, 4.69) is 25.6 Å². The van der Waals surface area contributed by atoms with Crippen molar-refractivity contribution >= 4 is 28.7 Å². The second kappa shape index (κ2) is 7.38. The number of benzene rings is 1. The minimum Gasteiger partial charge on any atom is -0.357 e. The SMILES string of the molecule is CNc1ncc2cc(-c3cc(NC(=O)N4CCCC4)c(F)cc3C)cnc2n1. The normalized spacial score (nSPS) is 13.8. The number of hydrogen-bond donors (Lipinski definition) is 2. The monoisotopic (exact) mass is 380 g/mol. The fraction of sp³-hybridized carbons (Fsp3) is 0.300. The number of nitrogens with zero attached hydrogens (tertiary/aromatic N) is 4. The van der Waals surface area contributed by atoms with Crippen molar-refractivity contribution in [1.29, 1.82) is 0 Å². The van der Waals surface area contributed by atoms with Crippen molar-refractivity contribution in [2.45, 2.75) is 19.8 Å². The molecule has 3 aromatic rings. The van der Waals surface area contributed by atoms with Gasteiger partial charge in [-0.05, 0) is 49.1 Å². The Hall–Kier alpha value is -3.29. The number of likely N-dealkylation sites (tertiary alicyclic amines) is 1. The summed E-state index contributed by atoms with van der Waals surface area (Å²) in [6.45, 7) is 3.24. The van der Waals surface area contributed by atoms with Crippen LogP contribution in [0.25, 0.3) is 22.2 Å². The second-order valence-electron chi connectivity index (χ2n) is 6.85. The predicted octanol–water partition coefficient (Wildman–Crippen LogP) is 3.81. The number of halogens is 1. The number of carbonyl (C=O) groups excluding carboxylic acids is 1. The minimum absolute atomic E-state index is 0.166. The van der Waals surface area contributed by atoms with E-state index in [0.29, 0.717) is 24.7 Å². The number of urea groups is 1. The number of hydrogen-bond acceptors (Lipinski definition) is 5. The molecule has 144 valence electrons. The van der Waals surface area contributed by atoms with Gasteiger partial charge in [0, 0.05) is 43.5 Å². The molecule has 8 heteroatoms. The first kappa shape index (κ1) is 18.1. The summed E-state index contributed by atoms with van der Waals surface area (Å²) < 4.78 is 14.5. The largest absolute Gasteiger partial charge is 0.357 e. The Morgan fingerprint density at radius 2 is 1.93 bits per heavy atom. The van der Waals surface area contributed by atoms with Gasteiger partial charge in [0.2, 0.25) is 5.95 Å². The molecule has 2 N–H and O–H groups in total. The molecule has 1 fully saturated rings. The first-order valence-corrected chi connectivity index (χ1v) is 9.22. The van der Waals surface area contributed by atoms with Gasteiger partial charge >= 0.3 is 6.03 Å². The van der Waals surface area contributed by atoms with E-state index in [1.165, 1.54) is 6.07 Å². The molecule has 7 nitrogen and oxygen atoms in total. The van der Waals surface area contributed by atoms with E-state index in [1.54, 1.807) is 30.4 Å². The zero-order valence-electron chi connectivity index (χ0n) is 15.8. The highest BCUT2D eigenvalue weighted by atomic mass is 19.1. The third-order valence-electron chi connectivity index (χ3n) is 4.92. The quantitative estimate of drug-likeness (QED) is 0.722. The highest BCUT2D eigenvalue weighted by molar-refractivity contribution is 5.91. The van der Waals surface area contributed by atoms with Gasteiger partial charge in [-0.2, -0.15) is 4.98 Å². The number of anilines is 2. The van der Waals surface area contributed by atoms with E-state index in [1.807, 2.05) is 13.0 Å². The summed E-state index contributed by atoms with van der Waals surface area (Å²) in [5.41, 5.74) is 3.10. The maximum atomic E-state index is 14.5. The van der Waals surface area contributed by atoms with Crippen LogP contribution in [0.1, 0.15) is 18.4 Å². The van der Waals surface area contributed by atoms with Crippen LogP contribution >= 0.6 is 0 Å². The zero-order chi connectivity index (χ0) is 19.7. The van der Waals surface area contributed by atoms with Crippen LogP contribution in [-0.4, -0.2) is 46.0 Å². The number of fused-ring (bicyclic) bond motifs is 1. The van der Waals surface area contributed by atoms with Gasteiger partial charge in [0.25, 0.3) is 0 Å². The molecule has 1 aliphatic heterocycles. The summed E-state index contributed by atoms with van der Waals surface area (Å²) in [7, 11) is 1.75. The van der Waals surface area contributed by atoms with Crippen molar-refractivity contribution in [3.8, 4) is 11.1 Å². The number of pyridine rings is 1. The van der Waals surface area contributed by atoms with Crippen LogP contribution in [0.4, 0.5) is 20.8 Å². The number of nitrogens with one attached hydrogen (secondary N) is 2. The number of amides is 2. The summed E-state index contributed by atoms with van der Waals surface area (Å²) in [5, 5.41) is 6.36. The van der Waals surface area contributed by atoms with Gasteiger partial charge in [0.15, 0.2) is 5.65 Å². The molecule has 2 amide bonds. The molecule has 0 spiro atoms. The van der Waals surface area contributed by atoms with E-state index in [0.717, 1.165) is 34.9 Å². The molecule has 3 heterocycles. The smallest absolute Gasteiger partial charge is 0.321 e. The van der Waals surface area contributed by atoms with Crippen LogP contribution in [0, 0.1) is 12.7 Å². The molecule has 0 aliphatic carbocycles. The molecule has 28 heavy (non-hydrogen) atoms. The van der Waals surface area contributed by atoms with E-state index >= 15 is 0 Å². The zero-order valence-corrected chi connectivity index (χ0v) is 15.8. The van der Waals surface area contributed by atoms with Crippen LogP contribution in [0.2, 0.25) is 0 Å². The standard InChI is InChI=1S/C20H21FN6O/c1-12-7-16(21)17(25-20(28)27-5-3-4-6-27)9-15(12)13-8-14-11-24-19(22-2)26-18(14)23-10-13/h7-11H,3-6H2,1-2H3,(H,25,28)(H,22,23,24,26). The Balaban J connectivity index is 1.68. The average Bonchev–Trinajstić information content (AvgIpc) is 3.24. The Bertz CT molecular complexity index is 1050. The van der Waals surface area contributed by atoms with E-state index in [9.17, 15) is 9.18 Å². The van der Waals surface area contributed by atoms with Crippen molar-refractivity contribution in [2.75, 3.05) is 30.8 Å². The van der Waals surface area contributed by atoms with Gasteiger partial charge in [-0.15, -0.1) is 0 Å². The average molecular weight is 380 g/mol. The Labute approximate surface area is 162 Å². The molecule has 0 saturated carbocycles. The number of carbonyl (C=O) groups is 1. The van der Waals surface area contributed by atoms with Gasteiger partial charge in [0.1, 0.15) is 5.82 Å². The summed E-state index contributed by atoms with van der Waals surface area (Å²) in [6, 6.07) is 4.73. The van der Waals surface area contributed by atoms with Gasteiger partial charge in [-0.1, -0.05) is 0 Å². The molecule has 1 saturated heterocycles. The molecular weight excluding hydrogens is 359 g/mol. The minimum atomic E-state index is -0.454. The maximum Gasteiger partial charge on any atom is 0.321 e. The van der Waals surface area contributed by atoms with Gasteiger partial charge < -0.3 is 15.5 Å². The molecule has 4 rings (SSSR count). The van der Waals surface area contributed by atoms with Crippen LogP contribution in [0.3, 0.4) is 0 Å². The number of aryl methyl sites for hydroxylation is 1. The lowest BCUT2D eigenvalue weighted by atomic mass is 10.0. The molecule has 0 atom stereocenters. The molecule has 1 aliphatic rings. The fourth-order valence-corrected chi connectivity index (χ4v) is 3.38. The van der Waals surface area contributed by atoms with Crippen molar-refractivity contribution in [1.82, 2.24) is 19.9 Å². The summed E-state index contributed by atoms with van der Waals surface area (Å²) in [6.07, 6.45) is 5.35. The first-order valence-electron chi connectivity index (χ1n) is 9.22. The summed E-state index contributed by atoms with van der Waals surface area (Å²) in [4.78, 5) is 27.0. The molecule has 0 bridgehead atoms. The highest BCUT2D eigenvalue weighted by Gasteiger charge is 2.20. The van der Waals surface area contributed by atoms with Crippen LogP contribution in [0.5, 0.6) is 0 Å². The van der Waals surface area contributed by atoms with Crippen molar-refractivity contribution in [3.05, 3.63) is 42.0 Å². The molecule has 1 aromatic carbocycles. The van der Waals surface area contributed by atoms with Crippen molar-refractivity contribution in [3.63, 3.8) is 0 Å². The third kappa shape index (κ3) is 3.45.